The Labute approximate surface area is 142 Å². The van der Waals surface area contributed by atoms with Crippen LogP contribution in [0.4, 0.5) is 4.39 Å². The van der Waals surface area contributed by atoms with Gasteiger partial charge in [-0.15, -0.1) is 0 Å². The maximum Gasteiger partial charge on any atom is 0.238 e. The SMILES string of the molecule is O=C(NCc1ccc(F)cc1)C(Sc1ncn[nH]1)c1ccccc1. The molecule has 1 aromatic heterocycles. The lowest BCUT2D eigenvalue weighted by atomic mass is 10.1. The molecule has 0 bridgehead atoms. The second-order valence-corrected chi connectivity index (χ2v) is 6.14. The van der Waals surface area contributed by atoms with Crippen molar-refractivity contribution in [2.45, 2.75) is 17.0 Å². The molecule has 3 aromatic rings. The molecule has 2 N–H and O–H groups in total. The number of nitrogens with one attached hydrogen (secondary N) is 2. The topological polar surface area (TPSA) is 70.7 Å². The molecule has 0 spiro atoms. The van der Waals surface area contributed by atoms with Crippen molar-refractivity contribution in [2.75, 3.05) is 0 Å². The lowest BCUT2D eigenvalue weighted by molar-refractivity contribution is -0.120. The number of hydrogen-bond donors (Lipinski definition) is 2. The zero-order valence-corrected chi connectivity index (χ0v) is 13.5. The lowest BCUT2D eigenvalue weighted by Gasteiger charge is -2.15. The number of rotatable bonds is 6. The van der Waals surface area contributed by atoms with Gasteiger partial charge in [0.1, 0.15) is 17.4 Å². The molecule has 3 rings (SSSR count). The Kier molecular flexibility index (Phi) is 5.22. The fourth-order valence-electron chi connectivity index (χ4n) is 2.15. The third-order valence-corrected chi connectivity index (χ3v) is 4.48. The molecule has 5 nitrogen and oxygen atoms in total. The molecule has 1 atom stereocenters. The van der Waals surface area contributed by atoms with Gasteiger partial charge in [0.2, 0.25) is 5.91 Å². The molecule has 0 fully saturated rings. The highest BCUT2D eigenvalue weighted by Crippen LogP contribution is 2.33. The number of aromatic nitrogens is 3. The largest absolute Gasteiger partial charge is 0.351 e. The fraction of sp³-hybridized carbons (Fsp3) is 0.118. The van der Waals surface area contributed by atoms with E-state index in [1.165, 1.54) is 30.2 Å². The summed E-state index contributed by atoms with van der Waals surface area (Å²) in [7, 11) is 0. The predicted octanol–water partition coefficient (Wildman–Crippen LogP) is 3.09. The number of thioether (sulfide) groups is 1. The van der Waals surface area contributed by atoms with Gasteiger partial charge in [-0.3, -0.25) is 9.89 Å². The van der Waals surface area contributed by atoms with E-state index in [1.807, 2.05) is 30.3 Å². The Morgan fingerprint density at radius 1 is 1.17 bits per heavy atom. The zero-order chi connectivity index (χ0) is 16.8. The van der Waals surface area contributed by atoms with Gasteiger partial charge in [0.15, 0.2) is 5.16 Å². The lowest BCUT2D eigenvalue weighted by Crippen LogP contribution is -2.27. The molecule has 1 unspecified atom stereocenters. The van der Waals surface area contributed by atoms with Crippen molar-refractivity contribution in [1.29, 1.82) is 0 Å². The third kappa shape index (κ3) is 4.20. The molecule has 24 heavy (non-hydrogen) atoms. The fourth-order valence-corrected chi connectivity index (χ4v) is 3.07. The Balaban J connectivity index is 1.72. The summed E-state index contributed by atoms with van der Waals surface area (Å²) in [5, 5.41) is 9.55. The van der Waals surface area contributed by atoms with Crippen molar-refractivity contribution in [3.63, 3.8) is 0 Å². The van der Waals surface area contributed by atoms with E-state index < -0.39 is 5.25 Å². The number of halogens is 1. The predicted molar refractivity (Wildman–Crippen MR) is 89.7 cm³/mol. The van der Waals surface area contributed by atoms with Crippen LogP contribution in [-0.4, -0.2) is 21.1 Å². The Morgan fingerprint density at radius 2 is 1.92 bits per heavy atom. The number of hydrogen-bond acceptors (Lipinski definition) is 4. The summed E-state index contributed by atoms with van der Waals surface area (Å²) < 4.78 is 12.9. The maximum atomic E-state index is 12.9. The van der Waals surface area contributed by atoms with Gasteiger partial charge in [-0.05, 0) is 23.3 Å². The van der Waals surface area contributed by atoms with Crippen molar-refractivity contribution >= 4 is 17.7 Å². The van der Waals surface area contributed by atoms with E-state index in [0.29, 0.717) is 11.7 Å². The average Bonchev–Trinajstić information content (AvgIpc) is 3.13. The number of carbonyl (C=O) groups is 1. The van der Waals surface area contributed by atoms with E-state index >= 15 is 0 Å². The first-order chi connectivity index (χ1) is 11.7. The second kappa shape index (κ2) is 7.74. The summed E-state index contributed by atoms with van der Waals surface area (Å²) in [5.74, 6) is -0.444. The van der Waals surface area contributed by atoms with E-state index in [-0.39, 0.29) is 11.7 Å². The first-order valence-electron chi connectivity index (χ1n) is 7.31. The molecular formula is C17H15FN4OS. The summed E-state index contributed by atoms with van der Waals surface area (Å²) in [4.78, 5) is 16.7. The average molecular weight is 342 g/mol. The minimum absolute atomic E-state index is 0.146. The first-order valence-corrected chi connectivity index (χ1v) is 8.19. The van der Waals surface area contributed by atoms with Crippen LogP contribution in [0.2, 0.25) is 0 Å². The Hall–Kier alpha value is -2.67. The Bertz CT molecular complexity index is 778. The van der Waals surface area contributed by atoms with Gasteiger partial charge in [-0.1, -0.05) is 54.2 Å². The van der Waals surface area contributed by atoms with Crippen LogP contribution in [0.25, 0.3) is 0 Å². The molecule has 0 aliphatic heterocycles. The molecule has 1 amide bonds. The summed E-state index contributed by atoms with van der Waals surface area (Å²) in [6.07, 6.45) is 1.40. The summed E-state index contributed by atoms with van der Waals surface area (Å²) in [6.45, 7) is 0.333. The minimum Gasteiger partial charge on any atom is -0.351 e. The molecule has 122 valence electrons. The minimum atomic E-state index is -0.459. The molecule has 2 aromatic carbocycles. The van der Waals surface area contributed by atoms with E-state index in [2.05, 4.69) is 20.5 Å². The monoisotopic (exact) mass is 342 g/mol. The van der Waals surface area contributed by atoms with Crippen LogP contribution < -0.4 is 5.32 Å². The van der Waals surface area contributed by atoms with Crippen LogP contribution in [-0.2, 0) is 11.3 Å². The smallest absolute Gasteiger partial charge is 0.238 e. The molecule has 7 heteroatoms. The number of amides is 1. The summed E-state index contributed by atoms with van der Waals surface area (Å²) >= 11 is 1.29. The van der Waals surface area contributed by atoms with Gasteiger partial charge < -0.3 is 5.32 Å². The van der Waals surface area contributed by atoms with Crippen molar-refractivity contribution in [1.82, 2.24) is 20.5 Å². The zero-order valence-electron chi connectivity index (χ0n) is 12.6. The number of aromatic amines is 1. The number of H-pyrrole nitrogens is 1. The summed E-state index contributed by atoms with van der Waals surface area (Å²) in [5.41, 5.74) is 1.71. The molecule has 1 heterocycles. The highest BCUT2D eigenvalue weighted by atomic mass is 32.2. The van der Waals surface area contributed by atoms with E-state index in [0.717, 1.165) is 11.1 Å². The van der Waals surface area contributed by atoms with Crippen LogP contribution in [0, 0.1) is 5.82 Å². The van der Waals surface area contributed by atoms with Gasteiger partial charge in [-0.2, -0.15) is 5.10 Å². The van der Waals surface area contributed by atoms with Crippen LogP contribution in [0.1, 0.15) is 16.4 Å². The van der Waals surface area contributed by atoms with Gasteiger partial charge in [0, 0.05) is 6.54 Å². The van der Waals surface area contributed by atoms with Gasteiger partial charge in [-0.25, -0.2) is 9.37 Å². The molecule has 0 saturated heterocycles. The van der Waals surface area contributed by atoms with Gasteiger partial charge in [0.05, 0.1) is 0 Å². The van der Waals surface area contributed by atoms with Crippen molar-refractivity contribution in [2.24, 2.45) is 0 Å². The third-order valence-electron chi connectivity index (χ3n) is 3.34. The maximum absolute atomic E-state index is 12.9. The highest BCUT2D eigenvalue weighted by molar-refractivity contribution is 8.00. The Morgan fingerprint density at radius 3 is 2.58 bits per heavy atom. The van der Waals surface area contributed by atoms with Crippen molar-refractivity contribution < 1.29 is 9.18 Å². The van der Waals surface area contributed by atoms with Crippen LogP contribution in [0.3, 0.4) is 0 Å². The quantitative estimate of drug-likeness (QED) is 0.675. The number of benzene rings is 2. The molecule has 0 saturated carbocycles. The second-order valence-electron chi connectivity index (χ2n) is 5.04. The molecular weight excluding hydrogens is 327 g/mol. The molecule has 0 radical (unpaired) electrons. The van der Waals surface area contributed by atoms with E-state index in [1.54, 1.807) is 12.1 Å². The van der Waals surface area contributed by atoms with Crippen molar-refractivity contribution in [3.8, 4) is 0 Å². The first kappa shape index (κ1) is 16.2. The molecule has 0 aliphatic carbocycles. The van der Waals surface area contributed by atoms with Gasteiger partial charge in [0.25, 0.3) is 0 Å². The standard InChI is InChI=1S/C17H15FN4OS/c18-14-8-6-12(7-9-14)10-19-16(23)15(13-4-2-1-3-5-13)24-17-20-11-21-22-17/h1-9,11,15H,10H2,(H,19,23)(H,20,21,22). The van der Waals surface area contributed by atoms with Crippen LogP contribution in [0.15, 0.2) is 66.1 Å². The summed E-state index contributed by atoms with van der Waals surface area (Å²) in [6, 6.07) is 15.5. The van der Waals surface area contributed by atoms with Gasteiger partial charge >= 0.3 is 0 Å². The van der Waals surface area contributed by atoms with Crippen molar-refractivity contribution in [3.05, 3.63) is 77.9 Å². The van der Waals surface area contributed by atoms with E-state index in [9.17, 15) is 9.18 Å². The molecule has 0 aliphatic rings. The normalized spacial score (nSPS) is 11.9. The number of carbonyl (C=O) groups excluding carboxylic acids is 1. The highest BCUT2D eigenvalue weighted by Gasteiger charge is 2.23. The number of nitrogens with zero attached hydrogens (tertiary/aromatic N) is 2. The van der Waals surface area contributed by atoms with Crippen LogP contribution >= 0.6 is 11.8 Å². The van der Waals surface area contributed by atoms with Crippen LogP contribution in [0.5, 0.6) is 0 Å². The van der Waals surface area contributed by atoms with E-state index in [4.69, 9.17) is 0 Å².